The van der Waals surface area contributed by atoms with E-state index < -0.39 is 0 Å². The first-order valence-electron chi connectivity index (χ1n) is 13.1. The zero-order chi connectivity index (χ0) is 21.2. The van der Waals surface area contributed by atoms with Crippen LogP contribution < -0.4 is 0 Å². The van der Waals surface area contributed by atoms with Gasteiger partial charge in [0.15, 0.2) is 0 Å². The smallest absolute Gasteiger partial charge is 0.0568 e. The normalized spacial score (nSPS) is 44.0. The third-order valence-electron chi connectivity index (χ3n) is 9.81. The Labute approximate surface area is 182 Å². The van der Waals surface area contributed by atoms with E-state index in [0.29, 0.717) is 23.2 Å². The van der Waals surface area contributed by atoms with Gasteiger partial charge in [-0.05, 0) is 104 Å². The van der Waals surface area contributed by atoms with Gasteiger partial charge in [0.1, 0.15) is 0 Å². The molecule has 0 spiro atoms. The van der Waals surface area contributed by atoms with Crippen molar-refractivity contribution < 1.29 is 5.11 Å². The molecule has 1 unspecified atom stereocenters. The van der Waals surface area contributed by atoms with Crippen molar-refractivity contribution in [2.24, 2.45) is 52.8 Å². The number of aliphatic hydroxyl groups excluding tert-OH is 1. The van der Waals surface area contributed by atoms with E-state index in [-0.39, 0.29) is 6.10 Å². The van der Waals surface area contributed by atoms with Crippen LogP contribution in [0.1, 0.15) is 106 Å². The lowest BCUT2D eigenvalue weighted by Gasteiger charge is -2.52. The number of hydrogen-bond acceptors (Lipinski definition) is 1. The van der Waals surface area contributed by atoms with Gasteiger partial charge in [0, 0.05) is 0 Å². The summed E-state index contributed by atoms with van der Waals surface area (Å²) in [6.45, 7) is 14.5. The van der Waals surface area contributed by atoms with E-state index in [2.05, 4.69) is 53.7 Å². The summed E-state index contributed by atoms with van der Waals surface area (Å²) in [4.78, 5) is 0. The predicted molar refractivity (Wildman–Crippen MR) is 126 cm³/mol. The van der Waals surface area contributed by atoms with Crippen molar-refractivity contribution in [3.8, 4) is 0 Å². The maximum atomic E-state index is 11.0. The molecule has 2 saturated carbocycles. The van der Waals surface area contributed by atoms with Gasteiger partial charge < -0.3 is 5.11 Å². The molecule has 0 amide bonds. The molecule has 0 heterocycles. The van der Waals surface area contributed by atoms with Gasteiger partial charge in [0.25, 0.3) is 0 Å². The molecule has 1 N–H and O–H groups in total. The molecule has 1 heteroatoms. The molecule has 168 valence electrons. The van der Waals surface area contributed by atoms with Gasteiger partial charge in [-0.3, -0.25) is 0 Å². The Hall–Kier alpha value is -0.300. The Morgan fingerprint density at radius 1 is 0.897 bits per heavy atom. The van der Waals surface area contributed by atoms with Crippen molar-refractivity contribution in [1.82, 2.24) is 0 Å². The van der Waals surface area contributed by atoms with Gasteiger partial charge in [-0.25, -0.2) is 0 Å². The summed E-state index contributed by atoms with van der Waals surface area (Å²) < 4.78 is 0. The monoisotopic (exact) mass is 402 g/mol. The van der Waals surface area contributed by atoms with Crippen LogP contribution in [0.2, 0.25) is 0 Å². The number of aliphatic hydroxyl groups is 1. The first kappa shape index (κ1) is 23.4. The molecule has 2 fully saturated rings. The Bertz CT molecular complexity index is 536. The maximum Gasteiger partial charge on any atom is 0.0568 e. The molecule has 29 heavy (non-hydrogen) atoms. The topological polar surface area (TPSA) is 20.2 Å². The zero-order valence-electron chi connectivity index (χ0n) is 20.4. The standard InChI is InChI=1S/C28H50O/c1-19(2)11-16-27(29)22(5)25-14-15-26-24-10-8-7-9-20(3)12-13-21(4)23(24)17-18-28(25,26)6/h7-8,19-27,29H,9-18H2,1-6H3/b8-7+/t20?,21-,22-,23+,24+,25+,26-,27+,28+/m0/s1. The predicted octanol–water partition coefficient (Wildman–Crippen LogP) is 7.88. The summed E-state index contributed by atoms with van der Waals surface area (Å²) in [5, 5.41) is 11.0. The van der Waals surface area contributed by atoms with Crippen molar-refractivity contribution in [2.75, 3.05) is 0 Å². The molecule has 3 aliphatic carbocycles. The molecule has 0 aromatic rings. The molecular formula is C28H50O. The van der Waals surface area contributed by atoms with Crippen molar-refractivity contribution in [3.63, 3.8) is 0 Å². The number of fused-ring (bicyclic) bond motifs is 3. The highest BCUT2D eigenvalue weighted by atomic mass is 16.3. The van der Waals surface area contributed by atoms with Crippen LogP contribution in [-0.4, -0.2) is 11.2 Å². The fourth-order valence-electron chi connectivity index (χ4n) is 7.76. The van der Waals surface area contributed by atoms with Crippen LogP contribution in [0.25, 0.3) is 0 Å². The van der Waals surface area contributed by atoms with Crippen LogP contribution >= 0.6 is 0 Å². The SMILES string of the molecule is CC(C)CC[C@@H](O)[C@@H](C)[C@H]1CC[C@H]2[C@@H]3C/C=C/CC(C)CC[C@H](C)[C@H]3CC[C@]12C. The van der Waals surface area contributed by atoms with Crippen molar-refractivity contribution in [3.05, 3.63) is 12.2 Å². The molecular weight excluding hydrogens is 352 g/mol. The van der Waals surface area contributed by atoms with E-state index in [1.165, 1.54) is 51.4 Å². The lowest BCUT2D eigenvalue weighted by molar-refractivity contribution is -0.0422. The quantitative estimate of drug-likeness (QED) is 0.464. The first-order valence-corrected chi connectivity index (χ1v) is 13.1. The third kappa shape index (κ3) is 5.13. The molecule has 0 bridgehead atoms. The van der Waals surface area contributed by atoms with E-state index in [1.54, 1.807) is 0 Å². The minimum atomic E-state index is -0.111. The Morgan fingerprint density at radius 2 is 1.62 bits per heavy atom. The fraction of sp³-hybridized carbons (Fsp3) is 0.929. The molecule has 3 aliphatic rings. The Morgan fingerprint density at radius 3 is 2.34 bits per heavy atom. The van der Waals surface area contributed by atoms with Crippen molar-refractivity contribution in [1.29, 1.82) is 0 Å². The van der Waals surface area contributed by atoms with Gasteiger partial charge in [0.05, 0.1) is 6.10 Å². The molecule has 0 aliphatic heterocycles. The van der Waals surface area contributed by atoms with Gasteiger partial charge in [-0.1, -0.05) is 66.5 Å². The van der Waals surface area contributed by atoms with Crippen LogP contribution in [-0.2, 0) is 0 Å². The summed E-state index contributed by atoms with van der Waals surface area (Å²) in [5.41, 5.74) is 0.449. The third-order valence-corrected chi connectivity index (χ3v) is 9.81. The molecule has 9 atom stereocenters. The summed E-state index contributed by atoms with van der Waals surface area (Å²) in [6, 6.07) is 0. The van der Waals surface area contributed by atoms with E-state index in [0.717, 1.165) is 42.4 Å². The van der Waals surface area contributed by atoms with Crippen molar-refractivity contribution >= 4 is 0 Å². The minimum Gasteiger partial charge on any atom is -0.393 e. The summed E-state index contributed by atoms with van der Waals surface area (Å²) in [7, 11) is 0. The highest BCUT2D eigenvalue weighted by molar-refractivity contribution is 5.06. The Balaban J connectivity index is 1.75. The highest BCUT2D eigenvalue weighted by Crippen LogP contribution is 2.63. The number of hydrogen-bond donors (Lipinski definition) is 1. The summed E-state index contributed by atoms with van der Waals surface area (Å²) >= 11 is 0. The summed E-state index contributed by atoms with van der Waals surface area (Å²) in [6.07, 6.45) is 18.0. The lowest BCUT2D eigenvalue weighted by Crippen LogP contribution is -2.45. The van der Waals surface area contributed by atoms with Crippen LogP contribution in [0.4, 0.5) is 0 Å². The Kier molecular flexibility index (Phi) is 7.96. The molecule has 1 nitrogen and oxygen atoms in total. The molecule has 3 rings (SSSR count). The number of rotatable bonds is 5. The van der Waals surface area contributed by atoms with E-state index in [9.17, 15) is 5.11 Å². The second-order valence-corrected chi connectivity index (χ2v) is 12.2. The zero-order valence-corrected chi connectivity index (χ0v) is 20.4. The fourth-order valence-corrected chi connectivity index (χ4v) is 7.76. The first-order chi connectivity index (χ1) is 13.7. The second kappa shape index (κ2) is 9.88. The molecule has 0 saturated heterocycles. The molecule has 0 aromatic heterocycles. The van der Waals surface area contributed by atoms with Crippen LogP contribution in [0.3, 0.4) is 0 Å². The van der Waals surface area contributed by atoms with E-state index in [1.807, 2.05) is 0 Å². The lowest BCUT2D eigenvalue weighted by atomic mass is 9.53. The van der Waals surface area contributed by atoms with Gasteiger partial charge in [-0.2, -0.15) is 0 Å². The van der Waals surface area contributed by atoms with Gasteiger partial charge in [0.2, 0.25) is 0 Å². The maximum absolute atomic E-state index is 11.0. The van der Waals surface area contributed by atoms with Gasteiger partial charge in [-0.15, -0.1) is 0 Å². The second-order valence-electron chi connectivity index (χ2n) is 12.2. The molecule has 0 aromatic carbocycles. The summed E-state index contributed by atoms with van der Waals surface area (Å²) in [5.74, 6) is 6.25. The highest BCUT2D eigenvalue weighted by Gasteiger charge is 2.55. The molecule has 0 radical (unpaired) electrons. The minimum absolute atomic E-state index is 0.111. The average Bonchev–Trinajstić information content (AvgIpc) is 3.03. The number of allylic oxidation sites excluding steroid dienone is 2. The largest absolute Gasteiger partial charge is 0.393 e. The van der Waals surface area contributed by atoms with E-state index in [4.69, 9.17) is 0 Å². The van der Waals surface area contributed by atoms with Gasteiger partial charge >= 0.3 is 0 Å². The van der Waals surface area contributed by atoms with Crippen LogP contribution in [0.5, 0.6) is 0 Å². The van der Waals surface area contributed by atoms with Crippen molar-refractivity contribution in [2.45, 2.75) is 112 Å². The van der Waals surface area contributed by atoms with E-state index >= 15 is 0 Å². The average molecular weight is 403 g/mol. The van der Waals surface area contributed by atoms with Crippen LogP contribution in [0, 0.1) is 52.8 Å². The van der Waals surface area contributed by atoms with Crippen LogP contribution in [0.15, 0.2) is 12.2 Å².